The second-order valence-electron chi connectivity index (χ2n) is 5.87. The third kappa shape index (κ3) is 5.06. The number of nitrogens with zero attached hydrogens (tertiary/aromatic N) is 1. The first-order valence-corrected chi connectivity index (χ1v) is 8.95. The zero-order chi connectivity index (χ0) is 14.9. The van der Waals surface area contributed by atoms with Gasteiger partial charge >= 0.3 is 0 Å². The van der Waals surface area contributed by atoms with Gasteiger partial charge in [0, 0.05) is 18.7 Å². The van der Waals surface area contributed by atoms with E-state index in [0.29, 0.717) is 12.3 Å². The number of fused-ring (bicyclic) bond motifs is 1. The van der Waals surface area contributed by atoms with Crippen LogP contribution in [-0.4, -0.2) is 18.2 Å². The van der Waals surface area contributed by atoms with E-state index < -0.39 is 0 Å². The highest BCUT2D eigenvalue weighted by Crippen LogP contribution is 2.27. The van der Waals surface area contributed by atoms with E-state index in [0.717, 1.165) is 30.8 Å². The number of benzene rings is 1. The SMILES string of the molecule is O=C1CCc2ccccc2N1CCCCCCCCCS. The van der Waals surface area contributed by atoms with Gasteiger partial charge in [0.25, 0.3) is 0 Å². The van der Waals surface area contributed by atoms with Crippen molar-refractivity contribution in [2.75, 3.05) is 17.2 Å². The molecule has 116 valence electrons. The van der Waals surface area contributed by atoms with E-state index in [4.69, 9.17) is 0 Å². The highest BCUT2D eigenvalue weighted by Gasteiger charge is 2.22. The molecule has 1 heterocycles. The van der Waals surface area contributed by atoms with E-state index in [1.165, 1.54) is 44.1 Å². The Hall–Kier alpha value is -0.960. The van der Waals surface area contributed by atoms with Crippen molar-refractivity contribution in [3.05, 3.63) is 29.8 Å². The van der Waals surface area contributed by atoms with E-state index in [2.05, 4.69) is 30.8 Å². The predicted molar refractivity (Wildman–Crippen MR) is 93.3 cm³/mol. The van der Waals surface area contributed by atoms with Gasteiger partial charge < -0.3 is 4.90 Å². The molecule has 0 saturated heterocycles. The first-order valence-electron chi connectivity index (χ1n) is 8.32. The lowest BCUT2D eigenvalue weighted by Crippen LogP contribution is -2.35. The van der Waals surface area contributed by atoms with Crippen LogP contribution in [0.2, 0.25) is 0 Å². The molecule has 0 radical (unpaired) electrons. The van der Waals surface area contributed by atoms with E-state index in [9.17, 15) is 4.79 Å². The summed E-state index contributed by atoms with van der Waals surface area (Å²) in [6.07, 6.45) is 10.4. The Morgan fingerprint density at radius 1 is 0.905 bits per heavy atom. The molecule has 0 fully saturated rings. The van der Waals surface area contributed by atoms with Crippen LogP contribution >= 0.6 is 12.6 Å². The van der Waals surface area contributed by atoms with Gasteiger partial charge in [0.2, 0.25) is 5.91 Å². The fourth-order valence-corrected chi connectivity index (χ4v) is 3.23. The fraction of sp³-hybridized carbons (Fsp3) is 0.611. The highest BCUT2D eigenvalue weighted by atomic mass is 32.1. The topological polar surface area (TPSA) is 20.3 Å². The second-order valence-corrected chi connectivity index (χ2v) is 6.32. The van der Waals surface area contributed by atoms with Crippen LogP contribution in [0.1, 0.15) is 56.9 Å². The van der Waals surface area contributed by atoms with Crippen LogP contribution in [0.5, 0.6) is 0 Å². The van der Waals surface area contributed by atoms with Gasteiger partial charge in [-0.1, -0.05) is 50.3 Å². The van der Waals surface area contributed by atoms with Crippen molar-refractivity contribution in [1.29, 1.82) is 0 Å². The zero-order valence-electron chi connectivity index (χ0n) is 12.9. The van der Waals surface area contributed by atoms with Gasteiger partial charge in [0.15, 0.2) is 0 Å². The maximum Gasteiger partial charge on any atom is 0.227 e. The molecule has 0 unspecified atom stereocenters. The summed E-state index contributed by atoms with van der Waals surface area (Å²) in [5, 5.41) is 0. The molecule has 2 rings (SSSR count). The first kappa shape index (κ1) is 16.4. The summed E-state index contributed by atoms with van der Waals surface area (Å²) < 4.78 is 0. The molecule has 1 aromatic carbocycles. The van der Waals surface area contributed by atoms with Crippen molar-refractivity contribution in [2.45, 2.75) is 57.8 Å². The van der Waals surface area contributed by atoms with Crippen LogP contribution in [0.15, 0.2) is 24.3 Å². The molecule has 0 aromatic heterocycles. The number of para-hydroxylation sites is 1. The lowest BCUT2D eigenvalue weighted by molar-refractivity contribution is -0.118. The Morgan fingerprint density at radius 3 is 2.33 bits per heavy atom. The largest absolute Gasteiger partial charge is 0.312 e. The molecule has 1 aliphatic heterocycles. The summed E-state index contributed by atoms with van der Waals surface area (Å²) in [6.45, 7) is 0.881. The van der Waals surface area contributed by atoms with E-state index >= 15 is 0 Å². The maximum atomic E-state index is 12.1. The standard InChI is InChI=1S/C18H27NOS/c20-18-13-12-16-10-6-7-11-17(16)19(18)14-8-4-2-1-3-5-9-15-21/h6-7,10-11,21H,1-5,8-9,12-15H2. The van der Waals surface area contributed by atoms with Crippen molar-refractivity contribution < 1.29 is 4.79 Å². The Kier molecular flexibility index (Phi) is 7.14. The Morgan fingerprint density at radius 2 is 1.57 bits per heavy atom. The molecule has 0 aliphatic carbocycles. The molecule has 2 nitrogen and oxygen atoms in total. The Balaban J connectivity index is 1.70. The summed E-state index contributed by atoms with van der Waals surface area (Å²) in [5.74, 6) is 1.30. The quantitative estimate of drug-likeness (QED) is 0.521. The molecule has 1 amide bonds. The summed E-state index contributed by atoms with van der Waals surface area (Å²) in [4.78, 5) is 14.1. The van der Waals surface area contributed by atoms with Crippen LogP contribution in [0.25, 0.3) is 0 Å². The van der Waals surface area contributed by atoms with Crippen molar-refractivity contribution in [1.82, 2.24) is 0 Å². The number of unbranched alkanes of at least 4 members (excludes halogenated alkanes) is 6. The summed E-state index contributed by atoms with van der Waals surface area (Å²) in [5.41, 5.74) is 2.46. The first-order chi connectivity index (χ1) is 10.3. The highest BCUT2D eigenvalue weighted by molar-refractivity contribution is 7.80. The van der Waals surface area contributed by atoms with Gasteiger partial charge in [-0.25, -0.2) is 0 Å². The Bertz CT molecular complexity index is 447. The van der Waals surface area contributed by atoms with E-state index in [1.54, 1.807) is 0 Å². The average molecular weight is 305 g/mol. The van der Waals surface area contributed by atoms with Gasteiger partial charge in [-0.05, 0) is 36.6 Å². The lowest BCUT2D eigenvalue weighted by Gasteiger charge is -2.29. The normalized spacial score (nSPS) is 14.3. The zero-order valence-corrected chi connectivity index (χ0v) is 13.8. The van der Waals surface area contributed by atoms with Crippen molar-refractivity contribution >= 4 is 24.2 Å². The molecule has 3 heteroatoms. The molecule has 0 spiro atoms. The molecule has 0 saturated carbocycles. The monoisotopic (exact) mass is 305 g/mol. The molecule has 21 heavy (non-hydrogen) atoms. The molecule has 0 bridgehead atoms. The van der Waals surface area contributed by atoms with Crippen molar-refractivity contribution in [3.8, 4) is 0 Å². The number of anilines is 1. The number of aryl methyl sites for hydroxylation is 1. The molecule has 1 aliphatic rings. The van der Waals surface area contributed by atoms with Crippen LogP contribution < -0.4 is 4.90 Å². The smallest absolute Gasteiger partial charge is 0.227 e. The van der Waals surface area contributed by atoms with Crippen LogP contribution in [0.4, 0.5) is 5.69 Å². The summed E-state index contributed by atoms with van der Waals surface area (Å²) in [6, 6.07) is 8.34. The number of hydrogen-bond acceptors (Lipinski definition) is 2. The minimum atomic E-state index is 0.294. The number of amides is 1. The number of rotatable bonds is 9. The predicted octanol–water partition coefficient (Wildman–Crippen LogP) is 4.63. The third-order valence-electron chi connectivity index (χ3n) is 4.23. The van der Waals surface area contributed by atoms with Gasteiger partial charge in [-0.3, -0.25) is 4.79 Å². The Labute approximate surface area is 134 Å². The maximum absolute atomic E-state index is 12.1. The van der Waals surface area contributed by atoms with Gasteiger partial charge in [-0.2, -0.15) is 12.6 Å². The molecule has 0 atom stereocenters. The molecular formula is C18H27NOS. The third-order valence-corrected chi connectivity index (χ3v) is 4.55. The molecular weight excluding hydrogens is 278 g/mol. The second kappa shape index (κ2) is 9.14. The number of carbonyl (C=O) groups is 1. The summed E-state index contributed by atoms with van der Waals surface area (Å²) in [7, 11) is 0. The molecule has 1 aromatic rings. The van der Waals surface area contributed by atoms with Crippen LogP contribution in [0.3, 0.4) is 0 Å². The van der Waals surface area contributed by atoms with E-state index in [-0.39, 0.29) is 0 Å². The lowest BCUT2D eigenvalue weighted by atomic mass is 10.0. The van der Waals surface area contributed by atoms with Crippen LogP contribution in [0, 0.1) is 0 Å². The van der Waals surface area contributed by atoms with Crippen molar-refractivity contribution in [3.63, 3.8) is 0 Å². The number of carbonyl (C=O) groups excluding carboxylic acids is 1. The minimum absolute atomic E-state index is 0.294. The van der Waals surface area contributed by atoms with Gasteiger partial charge in [0.05, 0.1) is 0 Å². The number of thiol groups is 1. The van der Waals surface area contributed by atoms with Gasteiger partial charge in [0.1, 0.15) is 0 Å². The van der Waals surface area contributed by atoms with Gasteiger partial charge in [-0.15, -0.1) is 0 Å². The summed E-state index contributed by atoms with van der Waals surface area (Å²) >= 11 is 4.23. The fourth-order valence-electron chi connectivity index (χ4n) is 3.01. The number of hydrogen-bond donors (Lipinski definition) is 1. The minimum Gasteiger partial charge on any atom is -0.312 e. The van der Waals surface area contributed by atoms with Crippen molar-refractivity contribution in [2.24, 2.45) is 0 Å². The average Bonchev–Trinajstić information content (AvgIpc) is 2.51. The molecule has 0 N–H and O–H groups in total. The van der Waals surface area contributed by atoms with Crippen LogP contribution in [-0.2, 0) is 11.2 Å². The van der Waals surface area contributed by atoms with E-state index in [1.807, 2.05) is 11.0 Å².